The number of hydrogen-bond acceptors (Lipinski definition) is 3. The first-order valence-electron chi connectivity index (χ1n) is 5.51. The third-order valence-corrected chi connectivity index (χ3v) is 2.24. The number of carbonyl (C=O) groups excluding carboxylic acids is 2. The lowest BCUT2D eigenvalue weighted by molar-refractivity contribution is -0.120. The van der Waals surface area contributed by atoms with Crippen molar-refractivity contribution in [2.45, 2.75) is 13.3 Å². The zero-order valence-corrected chi connectivity index (χ0v) is 10.1. The lowest BCUT2D eigenvalue weighted by atomic mass is 10.3. The van der Waals surface area contributed by atoms with Crippen LogP contribution in [0.3, 0.4) is 0 Å². The van der Waals surface area contributed by atoms with E-state index in [0.717, 1.165) is 6.42 Å². The van der Waals surface area contributed by atoms with Gasteiger partial charge in [0.05, 0.1) is 12.2 Å². The summed E-state index contributed by atoms with van der Waals surface area (Å²) in [6.07, 6.45) is 2.51. The lowest BCUT2D eigenvalue weighted by Crippen LogP contribution is -2.37. The standard InChI is InChI=1S/C11H18N4O2/c1-3-4-13-10(16)6-14-11(17)9-5-8(12)7-15(9)2/h5,7H,3-4,6,12H2,1-2H3,(H,13,16)(H,14,17). The molecule has 1 aromatic heterocycles. The molecule has 0 radical (unpaired) electrons. The van der Waals surface area contributed by atoms with Gasteiger partial charge in [-0.1, -0.05) is 6.92 Å². The third kappa shape index (κ3) is 3.82. The molecule has 0 atom stereocenters. The maximum absolute atomic E-state index is 11.7. The molecule has 0 unspecified atom stereocenters. The minimum Gasteiger partial charge on any atom is -0.397 e. The van der Waals surface area contributed by atoms with Crippen LogP contribution < -0.4 is 16.4 Å². The van der Waals surface area contributed by atoms with E-state index in [1.54, 1.807) is 23.9 Å². The van der Waals surface area contributed by atoms with E-state index >= 15 is 0 Å². The first-order chi connectivity index (χ1) is 8.04. The normalized spacial score (nSPS) is 10.0. The second kappa shape index (κ2) is 5.93. The summed E-state index contributed by atoms with van der Waals surface area (Å²) in [4.78, 5) is 23.0. The van der Waals surface area contributed by atoms with Gasteiger partial charge in [0.25, 0.3) is 5.91 Å². The summed E-state index contributed by atoms with van der Waals surface area (Å²) in [6, 6.07) is 1.57. The molecule has 0 aromatic carbocycles. The van der Waals surface area contributed by atoms with E-state index in [9.17, 15) is 9.59 Å². The number of aryl methyl sites for hydroxylation is 1. The van der Waals surface area contributed by atoms with Gasteiger partial charge in [-0.25, -0.2) is 0 Å². The summed E-state index contributed by atoms with van der Waals surface area (Å²) in [6.45, 7) is 2.56. The van der Waals surface area contributed by atoms with Crippen molar-refractivity contribution >= 4 is 17.5 Å². The molecule has 2 amide bonds. The molecule has 4 N–H and O–H groups in total. The van der Waals surface area contributed by atoms with Gasteiger partial charge in [0.1, 0.15) is 5.69 Å². The molecule has 94 valence electrons. The van der Waals surface area contributed by atoms with Crippen LogP contribution in [0.15, 0.2) is 12.3 Å². The number of aromatic nitrogens is 1. The van der Waals surface area contributed by atoms with Crippen LogP contribution in [-0.4, -0.2) is 29.5 Å². The van der Waals surface area contributed by atoms with E-state index in [-0.39, 0.29) is 18.4 Å². The maximum atomic E-state index is 11.7. The Kier molecular flexibility index (Phi) is 4.56. The molecule has 1 aromatic rings. The Bertz CT molecular complexity index is 412. The van der Waals surface area contributed by atoms with Gasteiger partial charge >= 0.3 is 0 Å². The van der Waals surface area contributed by atoms with Crippen LogP contribution in [0.4, 0.5) is 5.69 Å². The molecule has 0 spiro atoms. The Morgan fingerprint density at radius 1 is 1.41 bits per heavy atom. The first-order valence-corrected chi connectivity index (χ1v) is 5.51. The molecule has 0 saturated carbocycles. The first kappa shape index (κ1) is 13.1. The van der Waals surface area contributed by atoms with E-state index in [0.29, 0.717) is 17.9 Å². The van der Waals surface area contributed by atoms with Crippen molar-refractivity contribution in [2.75, 3.05) is 18.8 Å². The highest BCUT2D eigenvalue weighted by Gasteiger charge is 2.11. The number of nitrogens with zero attached hydrogens (tertiary/aromatic N) is 1. The number of nitrogens with two attached hydrogens (primary N) is 1. The molecular weight excluding hydrogens is 220 g/mol. The monoisotopic (exact) mass is 238 g/mol. The zero-order chi connectivity index (χ0) is 12.8. The van der Waals surface area contributed by atoms with Gasteiger partial charge in [0, 0.05) is 19.8 Å². The van der Waals surface area contributed by atoms with Crippen LogP contribution in [0.25, 0.3) is 0 Å². The number of nitrogen functional groups attached to an aromatic ring is 1. The molecule has 1 heterocycles. The van der Waals surface area contributed by atoms with E-state index in [2.05, 4.69) is 10.6 Å². The number of hydrogen-bond donors (Lipinski definition) is 3. The Hall–Kier alpha value is -1.98. The quantitative estimate of drug-likeness (QED) is 0.667. The van der Waals surface area contributed by atoms with Gasteiger partial charge in [0.2, 0.25) is 5.91 Å². The average molecular weight is 238 g/mol. The maximum Gasteiger partial charge on any atom is 0.268 e. The van der Waals surface area contributed by atoms with Crippen LogP contribution in [0.2, 0.25) is 0 Å². The van der Waals surface area contributed by atoms with Crippen molar-refractivity contribution in [3.05, 3.63) is 18.0 Å². The predicted octanol–water partition coefficient (Wildman–Crippen LogP) is -0.137. The largest absolute Gasteiger partial charge is 0.397 e. The van der Waals surface area contributed by atoms with Gasteiger partial charge in [0.15, 0.2) is 0 Å². The van der Waals surface area contributed by atoms with E-state index in [1.807, 2.05) is 6.92 Å². The van der Waals surface area contributed by atoms with Crippen molar-refractivity contribution in [2.24, 2.45) is 7.05 Å². The molecule has 0 saturated heterocycles. The van der Waals surface area contributed by atoms with Crippen LogP contribution >= 0.6 is 0 Å². The summed E-state index contributed by atoms with van der Waals surface area (Å²) >= 11 is 0. The zero-order valence-electron chi connectivity index (χ0n) is 10.1. The molecule has 6 nitrogen and oxygen atoms in total. The van der Waals surface area contributed by atoms with Gasteiger partial charge in [-0.05, 0) is 12.5 Å². The van der Waals surface area contributed by atoms with E-state index in [1.165, 1.54) is 0 Å². The fourth-order valence-electron chi connectivity index (χ4n) is 1.39. The van der Waals surface area contributed by atoms with Crippen LogP contribution in [0.1, 0.15) is 23.8 Å². The highest BCUT2D eigenvalue weighted by Crippen LogP contribution is 2.07. The fourth-order valence-corrected chi connectivity index (χ4v) is 1.39. The molecule has 17 heavy (non-hydrogen) atoms. The van der Waals surface area contributed by atoms with Crippen molar-refractivity contribution in [1.82, 2.24) is 15.2 Å². The second-order valence-corrected chi connectivity index (χ2v) is 3.80. The van der Waals surface area contributed by atoms with Crippen LogP contribution in [0.5, 0.6) is 0 Å². The Morgan fingerprint density at radius 2 is 2.12 bits per heavy atom. The topological polar surface area (TPSA) is 89.2 Å². The Balaban J connectivity index is 2.45. The summed E-state index contributed by atoms with van der Waals surface area (Å²) in [5, 5.41) is 5.21. The molecule has 0 fully saturated rings. The van der Waals surface area contributed by atoms with Crippen LogP contribution in [0, 0.1) is 0 Å². The highest BCUT2D eigenvalue weighted by molar-refractivity contribution is 5.96. The number of rotatable bonds is 5. The fraction of sp³-hybridized carbons (Fsp3) is 0.455. The van der Waals surface area contributed by atoms with Crippen molar-refractivity contribution in [1.29, 1.82) is 0 Å². The van der Waals surface area contributed by atoms with Gasteiger partial charge in [-0.3, -0.25) is 9.59 Å². The minimum absolute atomic E-state index is 0.0239. The number of carbonyl (C=O) groups is 2. The molecule has 0 bridgehead atoms. The molecule has 0 aliphatic heterocycles. The van der Waals surface area contributed by atoms with Crippen molar-refractivity contribution in [3.8, 4) is 0 Å². The van der Waals surface area contributed by atoms with Gasteiger partial charge in [-0.2, -0.15) is 0 Å². The van der Waals surface area contributed by atoms with Crippen molar-refractivity contribution in [3.63, 3.8) is 0 Å². The smallest absolute Gasteiger partial charge is 0.268 e. The third-order valence-electron chi connectivity index (χ3n) is 2.24. The van der Waals surface area contributed by atoms with Crippen molar-refractivity contribution < 1.29 is 9.59 Å². The molecule has 0 aliphatic carbocycles. The minimum atomic E-state index is -0.309. The lowest BCUT2D eigenvalue weighted by Gasteiger charge is -2.06. The molecule has 1 rings (SSSR count). The molecular formula is C11H18N4O2. The number of nitrogens with one attached hydrogen (secondary N) is 2. The second-order valence-electron chi connectivity index (χ2n) is 3.80. The highest BCUT2D eigenvalue weighted by atomic mass is 16.2. The molecule has 0 aliphatic rings. The summed E-state index contributed by atoms with van der Waals surface area (Å²) in [5.74, 6) is -0.502. The SMILES string of the molecule is CCCNC(=O)CNC(=O)c1cc(N)cn1C. The summed E-state index contributed by atoms with van der Waals surface area (Å²) in [7, 11) is 1.72. The van der Waals surface area contributed by atoms with Gasteiger partial charge < -0.3 is 20.9 Å². The van der Waals surface area contributed by atoms with E-state index < -0.39 is 0 Å². The predicted molar refractivity (Wildman–Crippen MR) is 65.5 cm³/mol. The summed E-state index contributed by atoms with van der Waals surface area (Å²) < 4.78 is 1.62. The Morgan fingerprint density at radius 3 is 2.65 bits per heavy atom. The number of amides is 2. The summed E-state index contributed by atoms with van der Waals surface area (Å²) in [5.41, 5.74) is 6.52. The van der Waals surface area contributed by atoms with E-state index in [4.69, 9.17) is 5.73 Å². The number of anilines is 1. The van der Waals surface area contributed by atoms with Crippen LogP contribution in [-0.2, 0) is 11.8 Å². The Labute approximate surface area is 100 Å². The average Bonchev–Trinajstić information content (AvgIpc) is 2.62. The molecule has 6 heteroatoms. The van der Waals surface area contributed by atoms with Gasteiger partial charge in [-0.15, -0.1) is 0 Å².